The van der Waals surface area contributed by atoms with Crippen molar-refractivity contribution in [2.24, 2.45) is 7.05 Å². The van der Waals surface area contributed by atoms with Gasteiger partial charge >= 0.3 is 0 Å². The Morgan fingerprint density at radius 1 is 1.24 bits per heavy atom. The van der Waals surface area contributed by atoms with E-state index in [1.54, 1.807) is 0 Å². The van der Waals surface area contributed by atoms with Crippen LogP contribution >= 0.6 is 23.1 Å². The number of aryl methyl sites for hydroxylation is 3. The molecule has 1 N–H and O–H groups in total. The van der Waals surface area contributed by atoms with Gasteiger partial charge in [-0.2, -0.15) is 0 Å². The largest absolute Gasteiger partial charge is 0.483 e. The minimum Gasteiger partial charge on any atom is -0.483 e. The molecular weight excluding hydrogens is 408 g/mol. The number of anilines is 1. The number of nitrogens with one attached hydrogen (secondary N) is 1. The van der Waals surface area contributed by atoms with Gasteiger partial charge in [-0.25, -0.2) is 0 Å². The van der Waals surface area contributed by atoms with Crippen LogP contribution in [0.25, 0.3) is 0 Å². The van der Waals surface area contributed by atoms with Crippen molar-refractivity contribution in [2.75, 3.05) is 11.1 Å². The van der Waals surface area contributed by atoms with Crippen LogP contribution in [0.2, 0.25) is 0 Å². The number of carbonyl (C=O) groups is 1. The third kappa shape index (κ3) is 5.33. The maximum atomic E-state index is 12.2. The predicted octanol–water partition coefficient (Wildman–Crippen LogP) is 3.72. The molecule has 3 aromatic rings. The van der Waals surface area contributed by atoms with Crippen molar-refractivity contribution in [3.63, 3.8) is 0 Å². The summed E-state index contributed by atoms with van der Waals surface area (Å²) in [6, 6.07) is 6.00. The van der Waals surface area contributed by atoms with Crippen LogP contribution < -0.4 is 10.1 Å². The van der Waals surface area contributed by atoms with E-state index in [-0.39, 0.29) is 17.8 Å². The Morgan fingerprint density at radius 2 is 2.03 bits per heavy atom. The molecule has 10 heteroatoms. The van der Waals surface area contributed by atoms with E-state index < -0.39 is 0 Å². The van der Waals surface area contributed by atoms with Crippen molar-refractivity contribution in [1.29, 1.82) is 0 Å². The average molecular weight is 433 g/mol. The first kappa shape index (κ1) is 21.3. The van der Waals surface area contributed by atoms with Gasteiger partial charge in [-0.15, -0.1) is 20.4 Å². The molecule has 0 saturated heterocycles. The summed E-state index contributed by atoms with van der Waals surface area (Å²) in [5, 5.41) is 21.2. The zero-order valence-electron chi connectivity index (χ0n) is 17.1. The highest BCUT2D eigenvalue weighted by Gasteiger charge is 2.18. The van der Waals surface area contributed by atoms with Gasteiger partial charge in [0, 0.05) is 7.05 Å². The standard InChI is InChI=1S/C19H24N6O2S2/c1-6-16-21-23-18(29-16)20-15(26)10-28-19-24-22-17(25(19)5)13(4)27-14-8-7-11(2)12(3)9-14/h7-9,13H,6,10H2,1-5H3,(H,20,23,26). The summed E-state index contributed by atoms with van der Waals surface area (Å²) in [5.41, 5.74) is 2.40. The van der Waals surface area contributed by atoms with Crippen LogP contribution in [0.1, 0.15) is 41.9 Å². The molecule has 1 unspecified atom stereocenters. The van der Waals surface area contributed by atoms with E-state index >= 15 is 0 Å². The number of hydrogen-bond acceptors (Lipinski definition) is 8. The van der Waals surface area contributed by atoms with Gasteiger partial charge in [0.2, 0.25) is 11.0 Å². The number of benzene rings is 1. The molecule has 0 fully saturated rings. The maximum absolute atomic E-state index is 12.2. The highest BCUT2D eigenvalue weighted by molar-refractivity contribution is 7.99. The molecule has 2 aromatic heterocycles. The van der Waals surface area contributed by atoms with Crippen molar-refractivity contribution >= 4 is 34.1 Å². The minimum absolute atomic E-state index is 0.155. The monoisotopic (exact) mass is 432 g/mol. The summed E-state index contributed by atoms with van der Waals surface area (Å²) in [6.07, 6.45) is 0.526. The Kier molecular flexibility index (Phi) is 6.86. The number of rotatable bonds is 8. The van der Waals surface area contributed by atoms with Gasteiger partial charge < -0.3 is 9.30 Å². The lowest BCUT2D eigenvalue weighted by atomic mass is 10.1. The fraction of sp³-hybridized carbons (Fsp3) is 0.421. The van der Waals surface area contributed by atoms with Gasteiger partial charge in [0.1, 0.15) is 10.8 Å². The normalized spacial score (nSPS) is 12.0. The third-order valence-electron chi connectivity index (χ3n) is 4.37. The molecule has 0 aliphatic rings. The van der Waals surface area contributed by atoms with Gasteiger partial charge in [0.25, 0.3) is 0 Å². The Hall–Kier alpha value is -2.46. The second-order valence-corrected chi connectivity index (χ2v) is 8.60. The molecule has 29 heavy (non-hydrogen) atoms. The molecule has 1 aromatic carbocycles. The molecule has 154 valence electrons. The van der Waals surface area contributed by atoms with Crippen molar-refractivity contribution < 1.29 is 9.53 Å². The molecule has 0 radical (unpaired) electrons. The van der Waals surface area contributed by atoms with Gasteiger partial charge in [-0.05, 0) is 50.5 Å². The van der Waals surface area contributed by atoms with Crippen molar-refractivity contribution in [2.45, 2.75) is 45.4 Å². The highest BCUT2D eigenvalue weighted by atomic mass is 32.2. The Balaban J connectivity index is 1.58. The van der Waals surface area contributed by atoms with Crippen molar-refractivity contribution in [3.05, 3.63) is 40.2 Å². The number of aromatic nitrogens is 5. The van der Waals surface area contributed by atoms with E-state index in [0.717, 1.165) is 17.2 Å². The first-order valence-corrected chi connectivity index (χ1v) is 11.1. The van der Waals surface area contributed by atoms with E-state index in [0.29, 0.717) is 16.1 Å². The molecule has 0 saturated carbocycles. The number of nitrogens with zero attached hydrogens (tertiary/aromatic N) is 5. The van der Waals surface area contributed by atoms with Crippen LogP contribution in [-0.2, 0) is 18.3 Å². The number of thioether (sulfide) groups is 1. The van der Waals surface area contributed by atoms with Crippen LogP contribution in [-0.4, -0.2) is 36.6 Å². The van der Waals surface area contributed by atoms with Crippen LogP contribution in [0.3, 0.4) is 0 Å². The summed E-state index contributed by atoms with van der Waals surface area (Å²) >= 11 is 2.70. The number of ether oxygens (including phenoxy) is 1. The summed E-state index contributed by atoms with van der Waals surface area (Å²) in [7, 11) is 1.87. The van der Waals surface area contributed by atoms with Crippen LogP contribution in [0.5, 0.6) is 5.75 Å². The fourth-order valence-corrected chi connectivity index (χ4v) is 4.00. The van der Waals surface area contributed by atoms with E-state index in [1.807, 2.05) is 43.7 Å². The lowest BCUT2D eigenvalue weighted by molar-refractivity contribution is -0.113. The molecule has 1 amide bonds. The molecule has 0 bridgehead atoms. The number of hydrogen-bond donors (Lipinski definition) is 1. The predicted molar refractivity (Wildman–Crippen MR) is 115 cm³/mol. The molecule has 0 spiro atoms. The van der Waals surface area contributed by atoms with Crippen LogP contribution in [0, 0.1) is 13.8 Å². The summed E-state index contributed by atoms with van der Waals surface area (Å²) in [6.45, 7) is 8.05. The van der Waals surface area contributed by atoms with E-state index in [9.17, 15) is 4.79 Å². The molecule has 0 aliphatic heterocycles. The minimum atomic E-state index is -0.272. The highest BCUT2D eigenvalue weighted by Crippen LogP contribution is 2.25. The van der Waals surface area contributed by atoms with Crippen LogP contribution in [0.4, 0.5) is 5.13 Å². The molecule has 8 nitrogen and oxygen atoms in total. The quantitative estimate of drug-likeness (QED) is 0.542. The van der Waals surface area contributed by atoms with Gasteiger partial charge in [0.05, 0.1) is 5.75 Å². The molecular formula is C19H24N6O2S2. The molecule has 1 atom stereocenters. The zero-order valence-corrected chi connectivity index (χ0v) is 18.7. The van der Waals surface area contributed by atoms with Gasteiger partial charge in [0.15, 0.2) is 17.1 Å². The fourth-order valence-electron chi connectivity index (χ4n) is 2.58. The van der Waals surface area contributed by atoms with Gasteiger partial charge in [-0.1, -0.05) is 36.1 Å². The van der Waals surface area contributed by atoms with Gasteiger partial charge in [-0.3, -0.25) is 10.1 Å². The van der Waals surface area contributed by atoms with E-state index in [1.165, 1.54) is 34.2 Å². The SMILES string of the molecule is CCc1nnc(NC(=O)CSc2nnc(C(C)Oc3ccc(C)c(C)c3)n2C)s1. The molecule has 0 aliphatic carbocycles. The first-order chi connectivity index (χ1) is 13.9. The second kappa shape index (κ2) is 9.36. The second-order valence-electron chi connectivity index (χ2n) is 6.60. The molecule has 2 heterocycles. The van der Waals surface area contributed by atoms with Crippen molar-refractivity contribution in [3.8, 4) is 5.75 Å². The Labute approximate surface area is 178 Å². The Bertz CT molecular complexity index is 1000. The maximum Gasteiger partial charge on any atom is 0.236 e. The van der Waals surface area contributed by atoms with Crippen LogP contribution in [0.15, 0.2) is 23.4 Å². The van der Waals surface area contributed by atoms with E-state index in [2.05, 4.69) is 39.6 Å². The summed E-state index contributed by atoms with van der Waals surface area (Å²) in [5.74, 6) is 1.54. The number of amides is 1. The lowest BCUT2D eigenvalue weighted by Crippen LogP contribution is -2.14. The lowest BCUT2D eigenvalue weighted by Gasteiger charge is -2.15. The Morgan fingerprint density at radius 3 is 2.72 bits per heavy atom. The zero-order chi connectivity index (χ0) is 21.0. The number of carbonyl (C=O) groups excluding carboxylic acids is 1. The smallest absolute Gasteiger partial charge is 0.236 e. The molecule has 3 rings (SSSR count). The summed E-state index contributed by atoms with van der Waals surface area (Å²) in [4.78, 5) is 12.2. The third-order valence-corrected chi connectivity index (χ3v) is 6.37. The van der Waals surface area contributed by atoms with Crippen molar-refractivity contribution in [1.82, 2.24) is 25.0 Å². The average Bonchev–Trinajstić information content (AvgIpc) is 3.29. The first-order valence-electron chi connectivity index (χ1n) is 9.25. The summed E-state index contributed by atoms with van der Waals surface area (Å²) < 4.78 is 7.87. The van der Waals surface area contributed by atoms with E-state index in [4.69, 9.17) is 4.74 Å². The topological polar surface area (TPSA) is 94.8 Å².